The molecule has 0 radical (unpaired) electrons. The third-order valence-electron chi connectivity index (χ3n) is 6.80. The van der Waals surface area contributed by atoms with E-state index in [2.05, 4.69) is 62.4 Å². The predicted molar refractivity (Wildman–Crippen MR) is 124 cm³/mol. The Morgan fingerprint density at radius 1 is 0.643 bits per heavy atom. The zero-order valence-corrected chi connectivity index (χ0v) is 18.3. The van der Waals surface area contributed by atoms with E-state index in [1.807, 2.05) is 0 Å². The van der Waals surface area contributed by atoms with Gasteiger partial charge in [0.1, 0.15) is 0 Å². The van der Waals surface area contributed by atoms with Gasteiger partial charge in [-0.3, -0.25) is 0 Å². The highest BCUT2D eigenvalue weighted by Crippen LogP contribution is 2.38. The van der Waals surface area contributed by atoms with Crippen molar-refractivity contribution < 1.29 is 0 Å². The average Bonchev–Trinajstić information content (AvgIpc) is 2.75. The van der Waals surface area contributed by atoms with Crippen LogP contribution in [0.3, 0.4) is 0 Å². The Labute approximate surface area is 173 Å². The molecule has 1 saturated carbocycles. The molecule has 0 aliphatic heterocycles. The minimum Gasteiger partial charge on any atom is -0.0654 e. The van der Waals surface area contributed by atoms with Crippen LogP contribution in [-0.2, 0) is 6.42 Å². The van der Waals surface area contributed by atoms with Crippen LogP contribution in [-0.4, -0.2) is 0 Å². The lowest BCUT2D eigenvalue weighted by atomic mass is 9.77. The standard InChI is InChI=1S/C28H40/c1-3-5-7-9-23-11-15-25(16-12-23)27-19-21-28(22-20-27)26-17-13-24(14-18-26)10-8-6-4-2/h11-12,15-16,19-22,24,26H,3-10,13-14,17-18H2,1-2H3/t24-,26-. The first-order valence-electron chi connectivity index (χ1n) is 12.0. The number of aryl methyl sites for hydroxylation is 1. The van der Waals surface area contributed by atoms with Gasteiger partial charge in [-0.2, -0.15) is 0 Å². The van der Waals surface area contributed by atoms with Crippen molar-refractivity contribution in [2.75, 3.05) is 0 Å². The maximum absolute atomic E-state index is 2.40. The molecule has 0 aromatic heterocycles. The van der Waals surface area contributed by atoms with Crippen molar-refractivity contribution in [3.8, 4) is 11.1 Å². The second-order valence-electron chi connectivity index (χ2n) is 8.99. The molecule has 0 amide bonds. The number of hydrogen-bond acceptors (Lipinski definition) is 0. The van der Waals surface area contributed by atoms with Gasteiger partial charge in [0.25, 0.3) is 0 Å². The summed E-state index contributed by atoms with van der Waals surface area (Å²) in [6.45, 7) is 4.58. The number of rotatable bonds is 10. The zero-order valence-electron chi connectivity index (χ0n) is 18.3. The van der Waals surface area contributed by atoms with Crippen LogP contribution in [0.5, 0.6) is 0 Å². The van der Waals surface area contributed by atoms with Gasteiger partial charge in [-0.05, 0) is 72.6 Å². The summed E-state index contributed by atoms with van der Waals surface area (Å²) in [6.07, 6.45) is 16.5. The van der Waals surface area contributed by atoms with Crippen LogP contribution < -0.4 is 0 Å². The first kappa shape index (κ1) is 21.2. The summed E-state index contributed by atoms with van der Waals surface area (Å²) >= 11 is 0. The molecule has 0 bridgehead atoms. The quantitative estimate of drug-likeness (QED) is 0.363. The minimum atomic E-state index is 0.789. The predicted octanol–water partition coefficient (Wildman–Crippen LogP) is 8.94. The van der Waals surface area contributed by atoms with Crippen molar-refractivity contribution in [1.82, 2.24) is 0 Å². The van der Waals surface area contributed by atoms with Crippen molar-refractivity contribution in [3.63, 3.8) is 0 Å². The molecule has 0 saturated heterocycles. The van der Waals surface area contributed by atoms with Crippen molar-refractivity contribution >= 4 is 0 Å². The van der Waals surface area contributed by atoms with Gasteiger partial charge in [-0.15, -0.1) is 0 Å². The van der Waals surface area contributed by atoms with E-state index in [-0.39, 0.29) is 0 Å². The van der Waals surface area contributed by atoms with Gasteiger partial charge in [-0.25, -0.2) is 0 Å². The van der Waals surface area contributed by atoms with E-state index in [9.17, 15) is 0 Å². The average molecular weight is 377 g/mol. The molecule has 1 fully saturated rings. The molecular formula is C28H40. The fourth-order valence-electron chi connectivity index (χ4n) is 4.86. The SMILES string of the molecule is CCCCCc1ccc(-c2ccc([C@H]3CC[C@H](CCCCC)CC3)cc2)cc1. The summed E-state index contributed by atoms with van der Waals surface area (Å²) in [5, 5.41) is 0. The molecule has 3 rings (SSSR count). The van der Waals surface area contributed by atoms with E-state index < -0.39 is 0 Å². The third-order valence-corrected chi connectivity index (χ3v) is 6.80. The molecule has 0 heteroatoms. The smallest absolute Gasteiger partial charge is 0.0162 e. The monoisotopic (exact) mass is 376 g/mol. The lowest BCUT2D eigenvalue weighted by Crippen LogP contribution is -2.13. The normalized spacial score (nSPS) is 19.6. The maximum atomic E-state index is 2.40. The largest absolute Gasteiger partial charge is 0.0654 e. The lowest BCUT2D eigenvalue weighted by Gasteiger charge is -2.29. The summed E-state index contributed by atoms with van der Waals surface area (Å²) in [4.78, 5) is 0. The van der Waals surface area contributed by atoms with E-state index in [0.29, 0.717) is 0 Å². The topological polar surface area (TPSA) is 0 Å². The summed E-state index contributed by atoms with van der Waals surface area (Å²) in [7, 11) is 0. The van der Waals surface area contributed by atoms with Crippen molar-refractivity contribution in [1.29, 1.82) is 0 Å². The maximum Gasteiger partial charge on any atom is -0.0162 e. The van der Waals surface area contributed by atoms with Crippen LogP contribution in [0.1, 0.15) is 102 Å². The Kier molecular flexibility index (Phi) is 8.65. The number of benzene rings is 2. The summed E-state index contributed by atoms with van der Waals surface area (Å²) in [5.74, 6) is 1.79. The van der Waals surface area contributed by atoms with Crippen LogP contribution in [0.15, 0.2) is 48.5 Å². The molecule has 2 aromatic rings. The molecule has 0 atom stereocenters. The van der Waals surface area contributed by atoms with Gasteiger partial charge in [0.2, 0.25) is 0 Å². The Hall–Kier alpha value is -1.56. The molecule has 2 aromatic carbocycles. The van der Waals surface area contributed by atoms with E-state index in [0.717, 1.165) is 11.8 Å². The molecule has 1 aliphatic carbocycles. The molecule has 0 nitrogen and oxygen atoms in total. The Morgan fingerprint density at radius 3 is 1.82 bits per heavy atom. The van der Waals surface area contributed by atoms with Gasteiger partial charge >= 0.3 is 0 Å². The number of hydrogen-bond donors (Lipinski definition) is 0. The summed E-state index contributed by atoms with van der Waals surface area (Å²) in [5.41, 5.74) is 5.75. The molecule has 152 valence electrons. The van der Waals surface area contributed by atoms with Gasteiger partial charge in [-0.1, -0.05) is 101 Å². The van der Waals surface area contributed by atoms with Gasteiger partial charge in [0.05, 0.1) is 0 Å². The summed E-state index contributed by atoms with van der Waals surface area (Å²) in [6, 6.07) is 18.7. The molecular weight excluding hydrogens is 336 g/mol. The highest BCUT2D eigenvalue weighted by molar-refractivity contribution is 5.64. The van der Waals surface area contributed by atoms with Crippen LogP contribution >= 0.6 is 0 Å². The number of unbranched alkanes of at least 4 members (excludes halogenated alkanes) is 4. The van der Waals surface area contributed by atoms with E-state index in [1.54, 1.807) is 5.56 Å². The molecule has 28 heavy (non-hydrogen) atoms. The Balaban J connectivity index is 1.51. The van der Waals surface area contributed by atoms with Crippen molar-refractivity contribution in [3.05, 3.63) is 59.7 Å². The van der Waals surface area contributed by atoms with Gasteiger partial charge in [0.15, 0.2) is 0 Å². The minimum absolute atomic E-state index is 0.789. The molecule has 0 heterocycles. The van der Waals surface area contributed by atoms with Crippen LogP contribution in [0, 0.1) is 5.92 Å². The Morgan fingerprint density at radius 2 is 1.21 bits per heavy atom. The highest BCUT2D eigenvalue weighted by Gasteiger charge is 2.21. The van der Waals surface area contributed by atoms with E-state index >= 15 is 0 Å². The second kappa shape index (κ2) is 11.4. The third kappa shape index (κ3) is 6.23. The van der Waals surface area contributed by atoms with Crippen LogP contribution in [0.4, 0.5) is 0 Å². The molecule has 0 N–H and O–H groups in total. The fraction of sp³-hybridized carbons (Fsp3) is 0.571. The summed E-state index contributed by atoms with van der Waals surface area (Å²) < 4.78 is 0. The van der Waals surface area contributed by atoms with Crippen molar-refractivity contribution in [2.24, 2.45) is 5.92 Å². The first-order chi connectivity index (χ1) is 13.8. The first-order valence-corrected chi connectivity index (χ1v) is 12.0. The van der Waals surface area contributed by atoms with Crippen molar-refractivity contribution in [2.45, 2.75) is 96.8 Å². The molecule has 1 aliphatic rings. The van der Waals surface area contributed by atoms with E-state index in [1.165, 1.54) is 93.7 Å². The second-order valence-corrected chi connectivity index (χ2v) is 8.99. The fourth-order valence-corrected chi connectivity index (χ4v) is 4.86. The molecule has 0 spiro atoms. The van der Waals surface area contributed by atoms with Gasteiger partial charge in [0, 0.05) is 0 Å². The Bertz CT molecular complexity index is 656. The lowest BCUT2D eigenvalue weighted by molar-refractivity contribution is 0.303. The molecule has 0 unspecified atom stereocenters. The van der Waals surface area contributed by atoms with Gasteiger partial charge < -0.3 is 0 Å². The van der Waals surface area contributed by atoms with Crippen LogP contribution in [0.2, 0.25) is 0 Å². The van der Waals surface area contributed by atoms with Crippen LogP contribution in [0.25, 0.3) is 11.1 Å². The zero-order chi connectivity index (χ0) is 19.6. The highest BCUT2D eigenvalue weighted by atomic mass is 14.3. The van der Waals surface area contributed by atoms with E-state index in [4.69, 9.17) is 0 Å².